The summed E-state index contributed by atoms with van der Waals surface area (Å²) in [5.74, 6) is -0.215. The quantitative estimate of drug-likeness (QED) is 0.801. The van der Waals surface area contributed by atoms with Crippen molar-refractivity contribution in [3.63, 3.8) is 0 Å². The van der Waals surface area contributed by atoms with Gasteiger partial charge in [-0.2, -0.15) is 5.26 Å². The van der Waals surface area contributed by atoms with Crippen molar-refractivity contribution >= 4 is 11.6 Å². The van der Waals surface area contributed by atoms with E-state index in [1.807, 2.05) is 6.92 Å². The Morgan fingerprint density at radius 1 is 1.52 bits per heavy atom. The van der Waals surface area contributed by atoms with Crippen LogP contribution in [0.1, 0.15) is 36.1 Å². The van der Waals surface area contributed by atoms with Crippen LogP contribution in [0.3, 0.4) is 0 Å². The molecule has 0 radical (unpaired) electrons. The maximum atomic E-state index is 10.3. The van der Waals surface area contributed by atoms with Gasteiger partial charge >= 0.3 is 0 Å². The van der Waals surface area contributed by atoms with Crippen molar-refractivity contribution in [2.45, 2.75) is 25.7 Å². The molecule has 23 heavy (non-hydrogen) atoms. The third-order valence-electron chi connectivity index (χ3n) is 3.82. The number of aromatic nitrogens is 2. The highest BCUT2D eigenvalue weighted by Crippen LogP contribution is 2.46. The number of aromatic hydroxyl groups is 1. The van der Waals surface area contributed by atoms with Crippen molar-refractivity contribution in [1.29, 1.82) is 5.26 Å². The zero-order chi connectivity index (χ0) is 16.6. The Morgan fingerprint density at radius 3 is 3.00 bits per heavy atom. The first-order valence-corrected chi connectivity index (χ1v) is 7.57. The number of nitriles is 1. The van der Waals surface area contributed by atoms with Gasteiger partial charge in [0, 0.05) is 16.3 Å². The second-order valence-electron chi connectivity index (χ2n) is 5.30. The summed E-state index contributed by atoms with van der Waals surface area (Å²) in [6, 6.07) is 6.79. The molecule has 0 amide bonds. The fourth-order valence-electron chi connectivity index (χ4n) is 2.82. The van der Waals surface area contributed by atoms with E-state index in [-0.39, 0.29) is 17.2 Å². The number of nitrogens with one attached hydrogen (secondary N) is 1. The van der Waals surface area contributed by atoms with Crippen LogP contribution in [0.25, 0.3) is 0 Å². The summed E-state index contributed by atoms with van der Waals surface area (Å²) in [6.07, 6.45) is 1.63. The van der Waals surface area contributed by atoms with Gasteiger partial charge in [-0.05, 0) is 24.6 Å². The number of halogens is 1. The molecule has 1 aromatic heterocycles. The number of phenols is 1. The van der Waals surface area contributed by atoms with E-state index in [0.717, 1.165) is 24.1 Å². The van der Waals surface area contributed by atoms with Gasteiger partial charge in [-0.3, -0.25) is 5.10 Å². The van der Waals surface area contributed by atoms with E-state index in [9.17, 15) is 10.4 Å². The van der Waals surface area contributed by atoms with Crippen molar-refractivity contribution in [1.82, 2.24) is 10.2 Å². The van der Waals surface area contributed by atoms with Crippen LogP contribution in [0.4, 0.5) is 0 Å². The molecular weight excluding hydrogens is 316 g/mol. The van der Waals surface area contributed by atoms with Crippen LogP contribution in [0.15, 0.2) is 29.7 Å². The third kappa shape index (κ3) is 2.49. The van der Waals surface area contributed by atoms with Crippen molar-refractivity contribution in [2.24, 2.45) is 5.73 Å². The number of fused-ring (bicyclic) bond motifs is 1. The van der Waals surface area contributed by atoms with E-state index in [4.69, 9.17) is 22.1 Å². The highest BCUT2D eigenvalue weighted by Gasteiger charge is 2.36. The molecular formula is C16H15ClN4O2. The zero-order valence-corrected chi connectivity index (χ0v) is 13.2. The molecule has 2 heterocycles. The molecule has 1 atom stereocenters. The molecule has 1 aliphatic heterocycles. The number of benzene rings is 1. The van der Waals surface area contributed by atoms with Crippen LogP contribution >= 0.6 is 11.6 Å². The van der Waals surface area contributed by atoms with Gasteiger partial charge < -0.3 is 15.6 Å². The molecule has 3 rings (SSSR count). The highest BCUT2D eigenvalue weighted by molar-refractivity contribution is 6.30. The molecule has 0 saturated carbocycles. The fraction of sp³-hybridized carbons (Fsp3) is 0.250. The Hall–Kier alpha value is -2.65. The van der Waals surface area contributed by atoms with Gasteiger partial charge in [0.25, 0.3) is 0 Å². The summed E-state index contributed by atoms with van der Waals surface area (Å²) in [4.78, 5) is 0. The van der Waals surface area contributed by atoms with Crippen LogP contribution in [-0.2, 0) is 6.42 Å². The summed E-state index contributed by atoms with van der Waals surface area (Å²) in [5.41, 5.74) is 8.17. The molecule has 2 aromatic rings. The van der Waals surface area contributed by atoms with E-state index < -0.39 is 5.92 Å². The predicted molar refractivity (Wildman–Crippen MR) is 85.0 cm³/mol. The van der Waals surface area contributed by atoms with Gasteiger partial charge in [0.2, 0.25) is 11.8 Å². The van der Waals surface area contributed by atoms with E-state index in [1.54, 1.807) is 12.1 Å². The van der Waals surface area contributed by atoms with Crippen molar-refractivity contribution < 1.29 is 9.84 Å². The number of phenolic OH excluding ortho intramolecular Hbond substituents is 1. The van der Waals surface area contributed by atoms with Crippen LogP contribution in [0.5, 0.6) is 11.6 Å². The first-order chi connectivity index (χ1) is 11.1. The number of H-pyrrole nitrogens is 1. The molecule has 4 N–H and O–H groups in total. The maximum Gasteiger partial charge on any atom is 0.244 e. The third-order valence-corrected chi connectivity index (χ3v) is 4.05. The Kier molecular flexibility index (Phi) is 3.89. The Labute approximate surface area is 138 Å². The van der Waals surface area contributed by atoms with Gasteiger partial charge in [-0.1, -0.05) is 24.9 Å². The van der Waals surface area contributed by atoms with Crippen molar-refractivity contribution in [3.05, 3.63) is 51.5 Å². The smallest absolute Gasteiger partial charge is 0.244 e. The number of hydrogen-bond donors (Lipinski definition) is 3. The Bertz CT molecular complexity index is 835. The van der Waals surface area contributed by atoms with E-state index >= 15 is 0 Å². The molecule has 1 unspecified atom stereocenters. The molecule has 1 aromatic carbocycles. The average molecular weight is 331 g/mol. The number of ether oxygens (including phenoxy) is 1. The molecule has 7 heteroatoms. The first-order valence-electron chi connectivity index (χ1n) is 7.20. The molecule has 0 saturated heterocycles. The minimum Gasteiger partial charge on any atom is -0.508 e. The minimum atomic E-state index is -0.567. The molecule has 0 bridgehead atoms. The van der Waals surface area contributed by atoms with Gasteiger partial charge in [-0.25, -0.2) is 0 Å². The van der Waals surface area contributed by atoms with Gasteiger partial charge in [0.05, 0.1) is 11.5 Å². The maximum absolute atomic E-state index is 10.3. The number of nitrogens with zero attached hydrogens (tertiary/aromatic N) is 2. The van der Waals surface area contributed by atoms with Gasteiger partial charge in [0.15, 0.2) is 0 Å². The molecule has 118 valence electrons. The lowest BCUT2D eigenvalue weighted by Crippen LogP contribution is -2.21. The van der Waals surface area contributed by atoms with E-state index in [2.05, 4.69) is 16.3 Å². The molecule has 0 spiro atoms. The number of nitrogens with two attached hydrogens (primary N) is 1. The van der Waals surface area contributed by atoms with E-state index in [1.165, 1.54) is 6.07 Å². The average Bonchev–Trinajstić information content (AvgIpc) is 2.91. The fourth-order valence-corrected chi connectivity index (χ4v) is 3.00. The Morgan fingerprint density at radius 2 is 2.30 bits per heavy atom. The molecule has 1 aliphatic rings. The summed E-state index contributed by atoms with van der Waals surface area (Å²) in [5, 5.41) is 27.3. The number of allylic oxidation sites excluding steroid dienone is 1. The SMILES string of the molecule is CCCc1[nH]nc2c1C(c1cc(Cl)ccc1O)C(C#N)=C(N)O2. The predicted octanol–water partition coefficient (Wildman–Crippen LogP) is 2.94. The highest BCUT2D eigenvalue weighted by atomic mass is 35.5. The summed E-state index contributed by atoms with van der Waals surface area (Å²) < 4.78 is 5.46. The standard InChI is InChI=1S/C16H15ClN4O2/c1-2-3-11-14-13(9-6-8(17)4-5-12(9)22)10(7-18)15(19)23-16(14)21-20-11/h4-6,13,22H,2-3,19H2,1H3,(H,20,21). The monoisotopic (exact) mass is 330 g/mol. The number of aryl methyl sites for hydroxylation is 1. The second kappa shape index (κ2) is 5.86. The minimum absolute atomic E-state index is 0.0149. The molecule has 6 nitrogen and oxygen atoms in total. The first kappa shape index (κ1) is 15.3. The zero-order valence-electron chi connectivity index (χ0n) is 12.4. The van der Waals surface area contributed by atoms with Crippen molar-refractivity contribution in [2.75, 3.05) is 0 Å². The van der Waals surface area contributed by atoms with Crippen molar-refractivity contribution in [3.8, 4) is 17.7 Å². The van der Waals surface area contributed by atoms with E-state index in [0.29, 0.717) is 16.5 Å². The Balaban J connectivity index is 2.26. The number of aromatic amines is 1. The van der Waals surface area contributed by atoms with Crippen LogP contribution in [-0.4, -0.2) is 15.3 Å². The molecule has 0 aliphatic carbocycles. The number of rotatable bonds is 3. The van der Waals surface area contributed by atoms with Crippen LogP contribution in [0.2, 0.25) is 5.02 Å². The lowest BCUT2D eigenvalue weighted by Gasteiger charge is -2.24. The number of hydrogen-bond acceptors (Lipinski definition) is 5. The summed E-state index contributed by atoms with van der Waals surface area (Å²) >= 11 is 6.07. The van der Waals surface area contributed by atoms with Gasteiger partial charge in [0.1, 0.15) is 17.4 Å². The normalized spacial score (nSPS) is 16.7. The lowest BCUT2D eigenvalue weighted by atomic mass is 9.83. The summed E-state index contributed by atoms with van der Waals surface area (Å²) in [6.45, 7) is 2.04. The summed E-state index contributed by atoms with van der Waals surface area (Å²) in [7, 11) is 0. The van der Waals surface area contributed by atoms with Crippen LogP contribution < -0.4 is 10.5 Å². The molecule has 0 fully saturated rings. The largest absolute Gasteiger partial charge is 0.508 e. The lowest BCUT2D eigenvalue weighted by molar-refractivity contribution is 0.377. The topological polar surface area (TPSA) is 108 Å². The van der Waals surface area contributed by atoms with Crippen LogP contribution in [0, 0.1) is 11.3 Å². The second-order valence-corrected chi connectivity index (χ2v) is 5.74. The van der Waals surface area contributed by atoms with Gasteiger partial charge in [-0.15, -0.1) is 5.10 Å².